The first-order valence-electron chi connectivity index (χ1n) is 7.67. The molecule has 24 heavy (non-hydrogen) atoms. The van der Waals surface area contributed by atoms with Crippen LogP contribution in [0.25, 0.3) is 0 Å². The summed E-state index contributed by atoms with van der Waals surface area (Å²) in [5.74, 6) is -0.350. The number of benzene rings is 2. The van der Waals surface area contributed by atoms with Crippen LogP contribution < -0.4 is 10.1 Å². The SMILES string of the molecule is Cc1ccc(C)c(NC(=O)COC(=O)COc2ccccc2C)c1. The molecule has 0 aliphatic rings. The Morgan fingerprint density at radius 3 is 2.46 bits per heavy atom. The summed E-state index contributed by atoms with van der Waals surface area (Å²) in [6.45, 7) is 5.15. The number of carbonyl (C=O) groups excluding carboxylic acids is 2. The number of hydrogen-bond acceptors (Lipinski definition) is 4. The molecule has 0 saturated heterocycles. The fraction of sp³-hybridized carbons (Fsp3) is 0.263. The maximum atomic E-state index is 11.9. The Morgan fingerprint density at radius 2 is 1.71 bits per heavy atom. The molecular weight excluding hydrogens is 306 g/mol. The summed E-state index contributed by atoms with van der Waals surface area (Å²) in [7, 11) is 0. The van der Waals surface area contributed by atoms with E-state index in [9.17, 15) is 9.59 Å². The Kier molecular flexibility index (Phi) is 5.95. The van der Waals surface area contributed by atoms with Gasteiger partial charge < -0.3 is 14.8 Å². The van der Waals surface area contributed by atoms with Crippen LogP contribution in [0.2, 0.25) is 0 Å². The summed E-state index contributed by atoms with van der Waals surface area (Å²) in [6.07, 6.45) is 0. The molecule has 0 aromatic heterocycles. The van der Waals surface area contributed by atoms with Gasteiger partial charge >= 0.3 is 5.97 Å². The molecule has 0 heterocycles. The van der Waals surface area contributed by atoms with E-state index in [1.807, 2.05) is 57.2 Å². The third kappa shape index (κ3) is 5.12. The van der Waals surface area contributed by atoms with Crippen LogP contribution in [0.3, 0.4) is 0 Å². The van der Waals surface area contributed by atoms with E-state index in [1.54, 1.807) is 6.07 Å². The normalized spacial score (nSPS) is 10.1. The van der Waals surface area contributed by atoms with E-state index in [4.69, 9.17) is 9.47 Å². The molecule has 126 valence electrons. The molecule has 0 unspecified atom stereocenters. The highest BCUT2D eigenvalue weighted by Crippen LogP contribution is 2.17. The van der Waals surface area contributed by atoms with Gasteiger partial charge in [-0.05, 0) is 49.6 Å². The molecule has 2 aromatic carbocycles. The lowest BCUT2D eigenvalue weighted by atomic mass is 10.1. The Morgan fingerprint density at radius 1 is 0.958 bits per heavy atom. The molecule has 2 aromatic rings. The second-order valence-electron chi connectivity index (χ2n) is 5.58. The summed E-state index contributed by atoms with van der Waals surface area (Å²) >= 11 is 0. The molecule has 0 bridgehead atoms. The third-order valence-electron chi connectivity index (χ3n) is 3.47. The van der Waals surface area contributed by atoms with Crippen LogP contribution in [-0.2, 0) is 14.3 Å². The van der Waals surface area contributed by atoms with Crippen molar-refractivity contribution in [3.8, 4) is 5.75 Å². The number of anilines is 1. The van der Waals surface area contributed by atoms with Crippen molar-refractivity contribution < 1.29 is 19.1 Å². The quantitative estimate of drug-likeness (QED) is 0.828. The maximum Gasteiger partial charge on any atom is 0.344 e. The number of esters is 1. The van der Waals surface area contributed by atoms with Gasteiger partial charge in [0.15, 0.2) is 13.2 Å². The second kappa shape index (κ2) is 8.15. The van der Waals surface area contributed by atoms with Gasteiger partial charge in [0.2, 0.25) is 0 Å². The zero-order valence-corrected chi connectivity index (χ0v) is 14.1. The molecule has 0 spiro atoms. The average Bonchev–Trinajstić information content (AvgIpc) is 2.55. The minimum Gasteiger partial charge on any atom is -0.482 e. The van der Waals surface area contributed by atoms with E-state index in [0.717, 1.165) is 16.7 Å². The summed E-state index contributed by atoms with van der Waals surface area (Å²) < 4.78 is 10.3. The fourth-order valence-corrected chi connectivity index (χ4v) is 2.10. The highest BCUT2D eigenvalue weighted by atomic mass is 16.6. The van der Waals surface area contributed by atoms with Crippen molar-refractivity contribution in [2.75, 3.05) is 18.5 Å². The van der Waals surface area contributed by atoms with Crippen LogP contribution in [0.5, 0.6) is 5.75 Å². The molecule has 2 rings (SSSR count). The first-order valence-corrected chi connectivity index (χ1v) is 7.67. The van der Waals surface area contributed by atoms with Crippen LogP contribution >= 0.6 is 0 Å². The summed E-state index contributed by atoms with van der Waals surface area (Å²) in [4.78, 5) is 23.6. The zero-order chi connectivity index (χ0) is 17.5. The summed E-state index contributed by atoms with van der Waals surface area (Å²) in [5.41, 5.74) is 3.63. The lowest BCUT2D eigenvalue weighted by molar-refractivity contribution is -0.149. The smallest absolute Gasteiger partial charge is 0.344 e. The molecule has 5 heteroatoms. The van der Waals surface area contributed by atoms with Crippen LogP contribution in [0, 0.1) is 20.8 Å². The topological polar surface area (TPSA) is 64.6 Å². The Bertz CT molecular complexity index is 740. The maximum absolute atomic E-state index is 11.9. The highest BCUT2D eigenvalue weighted by molar-refractivity contribution is 5.93. The molecule has 1 N–H and O–H groups in total. The minimum atomic E-state index is -0.589. The summed E-state index contributed by atoms with van der Waals surface area (Å²) in [5, 5.41) is 2.73. The predicted molar refractivity (Wildman–Crippen MR) is 92.2 cm³/mol. The monoisotopic (exact) mass is 327 g/mol. The molecule has 0 saturated carbocycles. The molecule has 1 amide bonds. The van der Waals surface area contributed by atoms with Crippen LogP contribution in [0.4, 0.5) is 5.69 Å². The molecule has 0 radical (unpaired) electrons. The number of nitrogens with one attached hydrogen (secondary N) is 1. The van der Waals surface area contributed by atoms with Gasteiger partial charge in [-0.15, -0.1) is 0 Å². The van der Waals surface area contributed by atoms with Crippen molar-refractivity contribution >= 4 is 17.6 Å². The van der Waals surface area contributed by atoms with E-state index in [1.165, 1.54) is 0 Å². The number of para-hydroxylation sites is 1. The lowest BCUT2D eigenvalue weighted by Crippen LogP contribution is -2.24. The van der Waals surface area contributed by atoms with E-state index in [2.05, 4.69) is 5.32 Å². The van der Waals surface area contributed by atoms with E-state index in [-0.39, 0.29) is 19.1 Å². The van der Waals surface area contributed by atoms with Crippen LogP contribution in [-0.4, -0.2) is 25.1 Å². The predicted octanol–water partition coefficient (Wildman–Crippen LogP) is 3.17. The van der Waals surface area contributed by atoms with Gasteiger partial charge in [-0.25, -0.2) is 4.79 Å². The van der Waals surface area contributed by atoms with Crippen molar-refractivity contribution in [3.63, 3.8) is 0 Å². The minimum absolute atomic E-state index is 0.235. The second-order valence-corrected chi connectivity index (χ2v) is 5.58. The fourth-order valence-electron chi connectivity index (χ4n) is 2.10. The first kappa shape index (κ1) is 17.5. The highest BCUT2D eigenvalue weighted by Gasteiger charge is 2.10. The largest absolute Gasteiger partial charge is 0.482 e. The first-order chi connectivity index (χ1) is 11.5. The number of hydrogen-bond donors (Lipinski definition) is 1. The van der Waals surface area contributed by atoms with Crippen LogP contribution in [0.1, 0.15) is 16.7 Å². The number of rotatable bonds is 6. The van der Waals surface area contributed by atoms with Gasteiger partial charge in [0.25, 0.3) is 5.91 Å². The molecule has 0 fully saturated rings. The molecule has 0 aliphatic heterocycles. The van der Waals surface area contributed by atoms with Crippen molar-refractivity contribution in [3.05, 3.63) is 59.2 Å². The Labute approximate surface area is 141 Å². The van der Waals surface area contributed by atoms with Crippen LogP contribution in [0.15, 0.2) is 42.5 Å². The zero-order valence-electron chi connectivity index (χ0n) is 14.1. The standard InChI is InChI=1S/C19H21NO4/c1-13-8-9-14(2)16(10-13)20-18(21)11-24-19(22)12-23-17-7-5-4-6-15(17)3/h4-10H,11-12H2,1-3H3,(H,20,21). The van der Waals surface area contributed by atoms with Gasteiger partial charge in [0, 0.05) is 5.69 Å². The Balaban J connectivity index is 1.78. The number of ether oxygens (including phenoxy) is 2. The van der Waals surface area contributed by atoms with Gasteiger partial charge in [-0.1, -0.05) is 30.3 Å². The lowest BCUT2D eigenvalue weighted by Gasteiger charge is -2.11. The van der Waals surface area contributed by atoms with Gasteiger partial charge in [0.1, 0.15) is 5.75 Å². The van der Waals surface area contributed by atoms with Crippen molar-refractivity contribution in [2.45, 2.75) is 20.8 Å². The van der Waals surface area contributed by atoms with Gasteiger partial charge in [-0.3, -0.25) is 4.79 Å². The average molecular weight is 327 g/mol. The third-order valence-corrected chi connectivity index (χ3v) is 3.47. The van der Waals surface area contributed by atoms with Gasteiger partial charge in [0.05, 0.1) is 0 Å². The molecule has 0 atom stereocenters. The van der Waals surface area contributed by atoms with Crippen molar-refractivity contribution in [1.29, 1.82) is 0 Å². The number of aryl methyl sites for hydroxylation is 3. The molecule has 0 aliphatic carbocycles. The number of amides is 1. The van der Waals surface area contributed by atoms with Gasteiger partial charge in [-0.2, -0.15) is 0 Å². The van der Waals surface area contributed by atoms with Crippen molar-refractivity contribution in [1.82, 2.24) is 0 Å². The van der Waals surface area contributed by atoms with E-state index < -0.39 is 5.97 Å². The van der Waals surface area contributed by atoms with Crippen molar-refractivity contribution in [2.24, 2.45) is 0 Å². The molecule has 5 nitrogen and oxygen atoms in total. The van der Waals surface area contributed by atoms with E-state index in [0.29, 0.717) is 11.4 Å². The Hall–Kier alpha value is -2.82. The number of carbonyl (C=O) groups is 2. The summed E-state index contributed by atoms with van der Waals surface area (Å²) in [6, 6.07) is 13.1. The van der Waals surface area contributed by atoms with E-state index >= 15 is 0 Å². The molecular formula is C19H21NO4.